The molecule has 0 aromatic carbocycles. The summed E-state index contributed by atoms with van der Waals surface area (Å²) in [5.41, 5.74) is 2.26. The van der Waals surface area contributed by atoms with Crippen molar-refractivity contribution in [3.05, 3.63) is 24.0 Å². The number of nitrogens with zero attached hydrogens (tertiary/aromatic N) is 2. The molecule has 0 saturated carbocycles. The van der Waals surface area contributed by atoms with Gasteiger partial charge in [-0.3, -0.25) is 4.98 Å². The van der Waals surface area contributed by atoms with Gasteiger partial charge in [0.25, 0.3) is 0 Å². The normalized spacial score (nSPS) is 22.4. The highest BCUT2D eigenvalue weighted by Gasteiger charge is 2.18. The number of aromatic nitrogens is 1. The average Bonchev–Trinajstić information content (AvgIpc) is 2.20. The summed E-state index contributed by atoms with van der Waals surface area (Å²) >= 11 is 0. The molecule has 1 saturated heterocycles. The second-order valence-electron chi connectivity index (χ2n) is 3.78. The third kappa shape index (κ3) is 1.87. The van der Waals surface area contributed by atoms with Gasteiger partial charge in [0.1, 0.15) is 0 Å². The van der Waals surface area contributed by atoms with E-state index < -0.39 is 0 Å². The number of morpholine rings is 1. The van der Waals surface area contributed by atoms with Gasteiger partial charge in [-0.15, -0.1) is 0 Å². The van der Waals surface area contributed by atoms with Crippen LogP contribution in [0.3, 0.4) is 0 Å². The first-order chi connectivity index (χ1) is 6.77. The molecule has 1 aromatic heterocycles. The average molecular weight is 192 g/mol. The van der Waals surface area contributed by atoms with Crippen molar-refractivity contribution >= 4 is 5.69 Å². The molecular formula is C11H16N2O. The number of hydrogen-bond donors (Lipinski definition) is 0. The molecule has 3 nitrogen and oxygen atoms in total. The summed E-state index contributed by atoms with van der Waals surface area (Å²) in [4.78, 5) is 6.65. The molecule has 0 spiro atoms. The number of rotatable bonds is 1. The highest BCUT2D eigenvalue weighted by atomic mass is 16.5. The van der Waals surface area contributed by atoms with Gasteiger partial charge < -0.3 is 9.64 Å². The van der Waals surface area contributed by atoms with Gasteiger partial charge in [0, 0.05) is 18.3 Å². The molecule has 0 aliphatic carbocycles. The van der Waals surface area contributed by atoms with Gasteiger partial charge in [-0.05, 0) is 26.0 Å². The van der Waals surface area contributed by atoms with Crippen LogP contribution in [0.15, 0.2) is 18.3 Å². The van der Waals surface area contributed by atoms with E-state index in [1.54, 1.807) is 0 Å². The molecule has 1 aliphatic rings. The summed E-state index contributed by atoms with van der Waals surface area (Å²) in [5, 5.41) is 0. The van der Waals surface area contributed by atoms with Crippen LogP contribution in [0, 0.1) is 6.92 Å². The van der Waals surface area contributed by atoms with Crippen LogP contribution in [0.2, 0.25) is 0 Å². The molecule has 0 amide bonds. The smallest absolute Gasteiger partial charge is 0.0668 e. The van der Waals surface area contributed by atoms with Crippen LogP contribution in [0.5, 0.6) is 0 Å². The SMILES string of the molecule is Cc1ccc(N2CCOC[C@@H]2C)cn1. The molecule has 0 unspecified atom stereocenters. The molecule has 0 N–H and O–H groups in total. The first kappa shape index (κ1) is 9.46. The van der Waals surface area contributed by atoms with Gasteiger partial charge in [-0.25, -0.2) is 0 Å². The number of aryl methyl sites for hydroxylation is 1. The Morgan fingerprint density at radius 1 is 1.50 bits per heavy atom. The third-order valence-electron chi connectivity index (χ3n) is 2.60. The maximum absolute atomic E-state index is 5.40. The predicted molar refractivity (Wildman–Crippen MR) is 56.6 cm³/mol. The molecule has 0 bridgehead atoms. The first-order valence-corrected chi connectivity index (χ1v) is 5.04. The summed E-state index contributed by atoms with van der Waals surface area (Å²) in [6, 6.07) is 4.63. The number of ether oxygens (including phenoxy) is 1. The number of hydrogen-bond acceptors (Lipinski definition) is 3. The summed E-state index contributed by atoms with van der Waals surface area (Å²) in [5.74, 6) is 0. The molecule has 3 heteroatoms. The second kappa shape index (κ2) is 3.96. The Kier molecular flexibility index (Phi) is 2.68. The van der Waals surface area contributed by atoms with E-state index in [1.807, 2.05) is 13.1 Å². The first-order valence-electron chi connectivity index (χ1n) is 5.04. The summed E-state index contributed by atoms with van der Waals surface area (Å²) in [7, 11) is 0. The lowest BCUT2D eigenvalue weighted by Crippen LogP contribution is -2.43. The van der Waals surface area contributed by atoms with Gasteiger partial charge >= 0.3 is 0 Å². The topological polar surface area (TPSA) is 25.4 Å². The maximum Gasteiger partial charge on any atom is 0.0668 e. The van der Waals surface area contributed by atoms with Crippen molar-refractivity contribution in [2.24, 2.45) is 0 Å². The Morgan fingerprint density at radius 3 is 3.00 bits per heavy atom. The minimum Gasteiger partial charge on any atom is -0.377 e. The number of anilines is 1. The fourth-order valence-corrected chi connectivity index (χ4v) is 1.74. The highest BCUT2D eigenvalue weighted by Crippen LogP contribution is 2.18. The molecule has 1 atom stereocenters. The van der Waals surface area contributed by atoms with Crippen molar-refractivity contribution in [1.82, 2.24) is 4.98 Å². The van der Waals surface area contributed by atoms with Gasteiger partial charge in [0.15, 0.2) is 0 Å². The summed E-state index contributed by atoms with van der Waals surface area (Å²) < 4.78 is 5.40. The molecule has 2 heterocycles. The molecule has 0 radical (unpaired) electrons. The Hall–Kier alpha value is -1.09. The molecular weight excluding hydrogens is 176 g/mol. The van der Waals surface area contributed by atoms with E-state index in [2.05, 4.69) is 28.9 Å². The van der Waals surface area contributed by atoms with Crippen molar-refractivity contribution < 1.29 is 4.74 Å². The standard InChI is InChI=1S/C11H16N2O/c1-9-3-4-11(7-12-9)13-5-6-14-8-10(13)2/h3-4,7,10H,5-6,8H2,1-2H3/t10-/m0/s1. The van der Waals surface area contributed by atoms with E-state index in [0.717, 1.165) is 25.5 Å². The molecule has 1 fully saturated rings. The van der Waals surface area contributed by atoms with Gasteiger partial charge in [0.2, 0.25) is 0 Å². The van der Waals surface area contributed by atoms with Gasteiger partial charge in [-0.2, -0.15) is 0 Å². The Morgan fingerprint density at radius 2 is 2.36 bits per heavy atom. The molecule has 1 aromatic rings. The molecule has 1 aliphatic heterocycles. The zero-order valence-corrected chi connectivity index (χ0v) is 8.73. The zero-order valence-electron chi connectivity index (χ0n) is 8.73. The van der Waals surface area contributed by atoms with Gasteiger partial charge in [-0.1, -0.05) is 0 Å². The molecule has 2 rings (SSSR count). The van der Waals surface area contributed by atoms with Crippen molar-refractivity contribution in [3.8, 4) is 0 Å². The molecule has 14 heavy (non-hydrogen) atoms. The van der Waals surface area contributed by atoms with E-state index >= 15 is 0 Å². The van der Waals surface area contributed by atoms with Crippen LogP contribution in [0.4, 0.5) is 5.69 Å². The van der Waals surface area contributed by atoms with Crippen LogP contribution >= 0.6 is 0 Å². The van der Waals surface area contributed by atoms with Crippen LogP contribution < -0.4 is 4.90 Å². The van der Waals surface area contributed by atoms with E-state index in [9.17, 15) is 0 Å². The van der Waals surface area contributed by atoms with E-state index in [0.29, 0.717) is 6.04 Å². The van der Waals surface area contributed by atoms with E-state index in [4.69, 9.17) is 4.74 Å². The van der Waals surface area contributed by atoms with E-state index in [1.165, 1.54) is 5.69 Å². The van der Waals surface area contributed by atoms with Crippen LogP contribution in [-0.2, 0) is 4.74 Å². The van der Waals surface area contributed by atoms with Crippen LogP contribution in [-0.4, -0.2) is 30.8 Å². The summed E-state index contributed by atoms with van der Waals surface area (Å²) in [6.45, 7) is 6.78. The lowest BCUT2D eigenvalue weighted by molar-refractivity contribution is 0.0989. The zero-order chi connectivity index (χ0) is 9.97. The van der Waals surface area contributed by atoms with Crippen molar-refractivity contribution in [3.63, 3.8) is 0 Å². The van der Waals surface area contributed by atoms with Gasteiger partial charge in [0.05, 0.1) is 25.1 Å². The second-order valence-corrected chi connectivity index (χ2v) is 3.78. The minimum atomic E-state index is 0.452. The third-order valence-corrected chi connectivity index (χ3v) is 2.60. The minimum absolute atomic E-state index is 0.452. The highest BCUT2D eigenvalue weighted by molar-refractivity contribution is 5.45. The van der Waals surface area contributed by atoms with Crippen molar-refractivity contribution in [1.29, 1.82) is 0 Å². The fraction of sp³-hybridized carbons (Fsp3) is 0.545. The number of pyridine rings is 1. The monoisotopic (exact) mass is 192 g/mol. The van der Waals surface area contributed by atoms with Crippen molar-refractivity contribution in [2.75, 3.05) is 24.7 Å². The maximum atomic E-state index is 5.40. The Balaban J connectivity index is 2.16. The lowest BCUT2D eigenvalue weighted by atomic mass is 10.2. The van der Waals surface area contributed by atoms with Crippen LogP contribution in [0.1, 0.15) is 12.6 Å². The quantitative estimate of drug-likeness (QED) is 0.676. The Bertz CT molecular complexity index is 297. The Labute approximate surface area is 84.7 Å². The van der Waals surface area contributed by atoms with Crippen molar-refractivity contribution in [2.45, 2.75) is 19.9 Å². The van der Waals surface area contributed by atoms with E-state index in [-0.39, 0.29) is 0 Å². The largest absolute Gasteiger partial charge is 0.377 e. The fourth-order valence-electron chi connectivity index (χ4n) is 1.74. The summed E-state index contributed by atoms with van der Waals surface area (Å²) in [6.07, 6.45) is 1.94. The predicted octanol–water partition coefficient (Wildman–Crippen LogP) is 1.62. The van der Waals surface area contributed by atoms with Crippen LogP contribution in [0.25, 0.3) is 0 Å². The molecule has 76 valence electrons. The lowest BCUT2D eigenvalue weighted by Gasteiger charge is -2.34.